The van der Waals surface area contributed by atoms with Crippen molar-refractivity contribution < 1.29 is 31.6 Å². The first-order chi connectivity index (χ1) is 13.7. The molecule has 0 saturated heterocycles. The van der Waals surface area contributed by atoms with Gasteiger partial charge in [-0.1, -0.05) is 30.3 Å². The van der Waals surface area contributed by atoms with Gasteiger partial charge in [-0.2, -0.15) is 13.2 Å². The largest absolute Gasteiger partial charge is 0.416 e. The third-order valence-corrected chi connectivity index (χ3v) is 4.03. The van der Waals surface area contributed by atoms with Crippen LogP contribution in [0, 0.1) is 5.82 Å². The first-order valence-corrected chi connectivity index (χ1v) is 8.58. The zero-order valence-corrected chi connectivity index (χ0v) is 15.2. The molecule has 0 aliphatic carbocycles. The molecule has 1 atom stereocenters. The van der Waals surface area contributed by atoms with Crippen molar-refractivity contribution >= 4 is 17.6 Å². The monoisotopic (exact) mass is 409 g/mol. The Morgan fingerprint density at radius 2 is 1.90 bits per heavy atom. The molecule has 1 aromatic heterocycles. The fourth-order valence-electron chi connectivity index (χ4n) is 2.67. The van der Waals surface area contributed by atoms with Crippen LogP contribution in [-0.2, 0) is 12.6 Å². The predicted octanol–water partition coefficient (Wildman–Crippen LogP) is 4.57. The van der Waals surface area contributed by atoms with Crippen LogP contribution in [0.5, 0.6) is 0 Å². The minimum Gasteiger partial charge on any atom is -0.308 e. The first-order valence-electron chi connectivity index (χ1n) is 8.58. The molecule has 0 aliphatic rings. The van der Waals surface area contributed by atoms with Crippen LogP contribution in [0.1, 0.15) is 24.1 Å². The van der Waals surface area contributed by atoms with Gasteiger partial charge in [0, 0.05) is 19.0 Å². The summed E-state index contributed by atoms with van der Waals surface area (Å²) in [6.07, 6.45) is -2.62. The molecule has 3 rings (SSSR count). The molecule has 2 aromatic carbocycles. The number of alkyl halides is 3. The lowest BCUT2D eigenvalue weighted by atomic mass is 10.1. The Morgan fingerprint density at radius 1 is 1.17 bits per heavy atom. The van der Waals surface area contributed by atoms with E-state index < -0.39 is 23.6 Å². The molecule has 1 heterocycles. The summed E-state index contributed by atoms with van der Waals surface area (Å²) in [4.78, 5) is 12.0. The molecule has 0 radical (unpaired) electrons. The SMILES string of the molecule is CC(Cc1ccccc1)[n+]1cc(NC(=O)Nc2cc(F)cc(C(F)(F)F)c2)on1. The lowest BCUT2D eigenvalue weighted by Crippen LogP contribution is -2.40. The number of rotatable bonds is 5. The molecular formula is C19H17F4N4O2+. The van der Waals surface area contributed by atoms with Crippen LogP contribution in [0.3, 0.4) is 0 Å². The molecule has 0 saturated carbocycles. The Morgan fingerprint density at radius 3 is 2.59 bits per heavy atom. The lowest BCUT2D eigenvalue weighted by Gasteiger charge is -2.10. The van der Waals surface area contributed by atoms with Gasteiger partial charge < -0.3 is 5.32 Å². The highest BCUT2D eigenvalue weighted by atomic mass is 19.4. The van der Waals surface area contributed by atoms with E-state index in [0.29, 0.717) is 18.6 Å². The molecule has 1 unspecified atom stereocenters. The van der Waals surface area contributed by atoms with Crippen LogP contribution in [0.25, 0.3) is 0 Å². The average molecular weight is 409 g/mol. The van der Waals surface area contributed by atoms with Gasteiger partial charge >= 0.3 is 18.1 Å². The van der Waals surface area contributed by atoms with E-state index in [4.69, 9.17) is 4.52 Å². The topological polar surface area (TPSA) is 71.0 Å². The van der Waals surface area contributed by atoms with Crippen molar-refractivity contribution in [1.29, 1.82) is 0 Å². The maximum atomic E-state index is 13.4. The lowest BCUT2D eigenvalue weighted by molar-refractivity contribution is -0.782. The number of carbonyl (C=O) groups excluding carboxylic acids is 1. The van der Waals surface area contributed by atoms with Crippen LogP contribution >= 0.6 is 0 Å². The van der Waals surface area contributed by atoms with Gasteiger partial charge in [-0.25, -0.2) is 9.18 Å². The number of amides is 2. The summed E-state index contributed by atoms with van der Waals surface area (Å²) in [6, 6.07) is 10.5. The number of carbonyl (C=O) groups is 1. The van der Waals surface area contributed by atoms with Gasteiger partial charge in [-0.05, 0) is 28.4 Å². The van der Waals surface area contributed by atoms with Gasteiger partial charge in [0.15, 0.2) is 6.04 Å². The van der Waals surface area contributed by atoms with Crippen molar-refractivity contribution in [3.8, 4) is 0 Å². The number of anilines is 2. The van der Waals surface area contributed by atoms with Crippen molar-refractivity contribution in [1.82, 2.24) is 5.27 Å². The van der Waals surface area contributed by atoms with Crippen molar-refractivity contribution in [2.45, 2.75) is 25.6 Å². The first kappa shape index (κ1) is 20.3. The quantitative estimate of drug-likeness (QED) is 0.479. The van der Waals surface area contributed by atoms with Crippen molar-refractivity contribution in [2.75, 3.05) is 10.6 Å². The number of nitrogens with zero attached hydrogens (tertiary/aromatic N) is 2. The second-order valence-corrected chi connectivity index (χ2v) is 6.39. The van der Waals surface area contributed by atoms with Crippen LogP contribution in [-0.4, -0.2) is 11.3 Å². The maximum absolute atomic E-state index is 13.4. The fourth-order valence-corrected chi connectivity index (χ4v) is 2.67. The van der Waals surface area contributed by atoms with Gasteiger partial charge in [-0.3, -0.25) is 9.84 Å². The summed E-state index contributed by atoms with van der Waals surface area (Å²) in [5.74, 6) is -1.14. The molecule has 3 aromatic rings. The zero-order chi connectivity index (χ0) is 21.0. The molecule has 0 fully saturated rings. The fraction of sp³-hybridized carbons (Fsp3) is 0.211. The van der Waals surface area contributed by atoms with Crippen LogP contribution in [0.15, 0.2) is 59.3 Å². The van der Waals surface area contributed by atoms with E-state index in [1.807, 2.05) is 37.3 Å². The summed E-state index contributed by atoms with van der Waals surface area (Å²) in [5.41, 5.74) is -0.464. The second kappa shape index (κ2) is 8.29. The van der Waals surface area contributed by atoms with Crippen LogP contribution in [0.4, 0.5) is 33.9 Å². The summed E-state index contributed by atoms with van der Waals surface area (Å²) < 4.78 is 58.2. The molecule has 2 N–H and O–H groups in total. The van der Waals surface area contributed by atoms with E-state index in [1.165, 1.54) is 10.9 Å². The number of benzene rings is 2. The molecule has 2 amide bonds. The number of hydrogen-bond acceptors (Lipinski definition) is 3. The summed E-state index contributed by atoms with van der Waals surface area (Å²) in [6.45, 7) is 1.91. The standard InChI is InChI=1S/C19H16F4N4O2/c1-12(7-13-5-3-2-4-6-13)27-11-17(29-26-27)25-18(28)24-16-9-14(19(21,22)23)8-15(20)10-16/h2-6,8-12H,7H2,1H3,(H-,24,25,26,28)/p+1. The summed E-state index contributed by atoms with van der Waals surface area (Å²) in [5, 5.41) is 8.26. The third-order valence-electron chi connectivity index (χ3n) is 4.03. The van der Waals surface area contributed by atoms with E-state index in [2.05, 4.69) is 15.9 Å². The Labute approximate surface area is 163 Å². The van der Waals surface area contributed by atoms with Gasteiger partial charge in [0.1, 0.15) is 5.82 Å². The number of halogens is 4. The van der Waals surface area contributed by atoms with E-state index >= 15 is 0 Å². The van der Waals surface area contributed by atoms with Gasteiger partial charge in [0.2, 0.25) is 5.27 Å². The zero-order valence-electron chi connectivity index (χ0n) is 15.2. The van der Waals surface area contributed by atoms with Gasteiger partial charge in [0.05, 0.1) is 5.56 Å². The summed E-state index contributed by atoms with van der Waals surface area (Å²) in [7, 11) is 0. The highest BCUT2D eigenvalue weighted by Gasteiger charge is 2.31. The van der Waals surface area contributed by atoms with Gasteiger partial charge in [0.25, 0.3) is 6.20 Å². The smallest absolute Gasteiger partial charge is 0.308 e. The summed E-state index contributed by atoms with van der Waals surface area (Å²) >= 11 is 0. The predicted molar refractivity (Wildman–Crippen MR) is 95.6 cm³/mol. The molecule has 152 valence electrons. The Kier molecular flexibility index (Phi) is 5.81. The molecular weight excluding hydrogens is 392 g/mol. The molecule has 0 spiro atoms. The van der Waals surface area contributed by atoms with Crippen molar-refractivity contribution in [3.05, 3.63) is 71.7 Å². The molecule has 0 aliphatic heterocycles. The molecule has 29 heavy (non-hydrogen) atoms. The molecule has 10 heteroatoms. The second-order valence-electron chi connectivity index (χ2n) is 6.39. The van der Waals surface area contributed by atoms with Crippen molar-refractivity contribution in [2.24, 2.45) is 0 Å². The Bertz CT molecular complexity index is 989. The van der Waals surface area contributed by atoms with Crippen molar-refractivity contribution in [3.63, 3.8) is 0 Å². The number of aromatic nitrogens is 2. The number of urea groups is 1. The van der Waals surface area contributed by atoms with Crippen LogP contribution < -0.4 is 15.3 Å². The highest BCUT2D eigenvalue weighted by Crippen LogP contribution is 2.31. The normalized spacial score (nSPS) is 12.4. The number of nitrogens with one attached hydrogen (secondary N) is 2. The average Bonchev–Trinajstić information content (AvgIpc) is 3.09. The van der Waals surface area contributed by atoms with E-state index in [0.717, 1.165) is 11.6 Å². The number of hydrogen-bond donors (Lipinski definition) is 2. The Hall–Kier alpha value is -3.43. The minimum atomic E-state index is -4.74. The van der Waals surface area contributed by atoms with Crippen LogP contribution in [0.2, 0.25) is 0 Å². The van der Waals surface area contributed by atoms with E-state index in [-0.39, 0.29) is 17.6 Å². The Balaban J connectivity index is 1.63. The highest BCUT2D eigenvalue weighted by molar-refractivity contribution is 5.98. The third kappa shape index (κ3) is 5.53. The minimum absolute atomic E-state index is 0.0186. The molecule has 0 bridgehead atoms. The van der Waals surface area contributed by atoms with E-state index in [1.54, 1.807) is 0 Å². The van der Waals surface area contributed by atoms with E-state index in [9.17, 15) is 22.4 Å². The van der Waals surface area contributed by atoms with Gasteiger partial charge in [-0.15, -0.1) is 0 Å². The molecule has 6 nitrogen and oxygen atoms in total. The maximum Gasteiger partial charge on any atom is 0.416 e.